The molecule has 1 aromatic carbocycles. The van der Waals surface area contributed by atoms with Gasteiger partial charge in [-0.3, -0.25) is 14.4 Å². The van der Waals surface area contributed by atoms with Crippen molar-refractivity contribution in [1.82, 2.24) is 19.6 Å². The van der Waals surface area contributed by atoms with Gasteiger partial charge >= 0.3 is 0 Å². The van der Waals surface area contributed by atoms with Crippen LogP contribution in [0.3, 0.4) is 0 Å². The van der Waals surface area contributed by atoms with Gasteiger partial charge in [-0.1, -0.05) is 12.1 Å². The predicted octanol–water partition coefficient (Wildman–Crippen LogP) is 2.44. The molecule has 0 N–H and O–H groups in total. The molecular weight excluding hydrogens is 375 g/mol. The third kappa shape index (κ3) is 4.02. The second-order valence-corrected chi connectivity index (χ2v) is 6.88. The largest absolute Gasteiger partial charge is 0.339 e. The molecule has 0 spiro atoms. The first-order valence-corrected chi connectivity index (χ1v) is 8.75. The number of nitrogens with zero attached hydrogens (tertiary/aromatic N) is 4. The van der Waals surface area contributed by atoms with Crippen LogP contribution in [0.2, 0.25) is 0 Å². The maximum absolute atomic E-state index is 13.2. The van der Waals surface area contributed by atoms with Gasteiger partial charge in [-0.15, -0.1) is 0 Å². The first-order valence-electron chi connectivity index (χ1n) is 7.95. The molecule has 2 heterocycles. The van der Waals surface area contributed by atoms with Crippen molar-refractivity contribution in [2.75, 3.05) is 26.2 Å². The SMILES string of the molecule is Cc1c(Br)cnn1CC(=O)N1CCN(Cc2cccc(F)c2)CC1. The van der Waals surface area contributed by atoms with Crippen LogP contribution in [0.25, 0.3) is 0 Å². The molecule has 1 saturated heterocycles. The van der Waals surface area contributed by atoms with E-state index in [0.29, 0.717) is 19.6 Å². The van der Waals surface area contributed by atoms with E-state index in [9.17, 15) is 9.18 Å². The predicted molar refractivity (Wildman–Crippen MR) is 92.9 cm³/mol. The van der Waals surface area contributed by atoms with Crippen molar-refractivity contribution in [3.05, 3.63) is 52.0 Å². The highest BCUT2D eigenvalue weighted by Crippen LogP contribution is 2.15. The van der Waals surface area contributed by atoms with Gasteiger partial charge in [0.2, 0.25) is 5.91 Å². The number of benzene rings is 1. The summed E-state index contributed by atoms with van der Waals surface area (Å²) in [4.78, 5) is 16.5. The van der Waals surface area contributed by atoms with Gasteiger partial charge < -0.3 is 4.90 Å². The maximum atomic E-state index is 13.2. The summed E-state index contributed by atoms with van der Waals surface area (Å²) in [6.45, 7) is 5.88. The van der Waals surface area contributed by atoms with Crippen LogP contribution in [0.5, 0.6) is 0 Å². The molecule has 0 saturated carbocycles. The van der Waals surface area contributed by atoms with Crippen molar-refractivity contribution >= 4 is 21.8 Å². The highest BCUT2D eigenvalue weighted by molar-refractivity contribution is 9.10. The summed E-state index contributed by atoms with van der Waals surface area (Å²) < 4.78 is 15.9. The van der Waals surface area contributed by atoms with Gasteiger partial charge in [-0.25, -0.2) is 4.39 Å². The molecule has 1 aromatic heterocycles. The van der Waals surface area contributed by atoms with Crippen molar-refractivity contribution in [1.29, 1.82) is 0 Å². The van der Waals surface area contributed by atoms with E-state index >= 15 is 0 Å². The molecule has 3 rings (SSSR count). The van der Waals surface area contributed by atoms with Crippen LogP contribution in [-0.4, -0.2) is 51.7 Å². The number of hydrogen-bond donors (Lipinski definition) is 0. The fraction of sp³-hybridized carbons (Fsp3) is 0.412. The Hall–Kier alpha value is -1.73. The minimum atomic E-state index is -0.206. The third-order valence-corrected chi connectivity index (χ3v) is 5.13. The quantitative estimate of drug-likeness (QED) is 0.799. The van der Waals surface area contributed by atoms with E-state index < -0.39 is 0 Å². The van der Waals surface area contributed by atoms with Crippen LogP contribution in [-0.2, 0) is 17.9 Å². The number of carbonyl (C=O) groups excluding carboxylic acids is 1. The molecule has 0 atom stereocenters. The highest BCUT2D eigenvalue weighted by atomic mass is 79.9. The van der Waals surface area contributed by atoms with Gasteiger partial charge in [-0.2, -0.15) is 5.10 Å². The summed E-state index contributed by atoms with van der Waals surface area (Å²) in [6, 6.07) is 6.68. The number of piperazine rings is 1. The fourth-order valence-electron chi connectivity index (χ4n) is 2.86. The second kappa shape index (κ2) is 7.44. The summed E-state index contributed by atoms with van der Waals surface area (Å²) in [5, 5.41) is 4.21. The lowest BCUT2D eigenvalue weighted by Gasteiger charge is -2.34. The summed E-state index contributed by atoms with van der Waals surface area (Å²) in [6.07, 6.45) is 1.71. The van der Waals surface area contributed by atoms with E-state index in [2.05, 4.69) is 25.9 Å². The molecule has 24 heavy (non-hydrogen) atoms. The van der Waals surface area contributed by atoms with Crippen molar-refractivity contribution in [3.63, 3.8) is 0 Å². The lowest BCUT2D eigenvalue weighted by molar-refractivity contribution is -0.133. The van der Waals surface area contributed by atoms with Crippen molar-refractivity contribution < 1.29 is 9.18 Å². The van der Waals surface area contributed by atoms with Gasteiger partial charge in [-0.05, 0) is 40.5 Å². The maximum Gasteiger partial charge on any atom is 0.244 e. The Labute approximate surface area is 149 Å². The molecule has 2 aromatic rings. The molecule has 1 amide bonds. The van der Waals surface area contributed by atoms with E-state index in [1.807, 2.05) is 17.9 Å². The van der Waals surface area contributed by atoms with Crippen LogP contribution in [0, 0.1) is 12.7 Å². The second-order valence-electron chi connectivity index (χ2n) is 6.02. The summed E-state index contributed by atoms with van der Waals surface area (Å²) in [5.74, 6) is -0.124. The number of aromatic nitrogens is 2. The first-order chi connectivity index (χ1) is 11.5. The molecule has 128 valence electrons. The zero-order valence-corrected chi connectivity index (χ0v) is 15.2. The summed E-state index contributed by atoms with van der Waals surface area (Å²) >= 11 is 3.40. The number of hydrogen-bond acceptors (Lipinski definition) is 3. The van der Waals surface area contributed by atoms with Gasteiger partial charge in [0.1, 0.15) is 12.4 Å². The molecule has 1 aliphatic heterocycles. The summed E-state index contributed by atoms with van der Waals surface area (Å²) in [5.41, 5.74) is 1.92. The highest BCUT2D eigenvalue weighted by Gasteiger charge is 2.22. The van der Waals surface area contributed by atoms with E-state index in [1.54, 1.807) is 23.0 Å². The van der Waals surface area contributed by atoms with Gasteiger partial charge in [0.15, 0.2) is 0 Å². The molecule has 7 heteroatoms. The molecule has 0 radical (unpaired) electrons. The van der Waals surface area contributed by atoms with Crippen LogP contribution in [0.15, 0.2) is 34.9 Å². The van der Waals surface area contributed by atoms with Crippen molar-refractivity contribution in [2.24, 2.45) is 0 Å². The van der Waals surface area contributed by atoms with Gasteiger partial charge in [0.05, 0.1) is 16.4 Å². The molecule has 5 nitrogen and oxygen atoms in total. The number of rotatable bonds is 4. The normalized spacial score (nSPS) is 15.7. The monoisotopic (exact) mass is 394 g/mol. The Bertz CT molecular complexity index is 725. The molecule has 1 fully saturated rings. The number of amides is 1. The molecule has 0 bridgehead atoms. The molecule has 0 aliphatic carbocycles. The van der Waals surface area contributed by atoms with Crippen molar-refractivity contribution in [3.8, 4) is 0 Å². The lowest BCUT2D eigenvalue weighted by Crippen LogP contribution is -2.49. The van der Waals surface area contributed by atoms with Crippen LogP contribution in [0.1, 0.15) is 11.3 Å². The van der Waals surface area contributed by atoms with Crippen LogP contribution in [0.4, 0.5) is 4.39 Å². The van der Waals surface area contributed by atoms with Gasteiger partial charge in [0, 0.05) is 32.7 Å². The Morgan fingerprint density at radius 3 is 2.67 bits per heavy atom. The zero-order valence-electron chi connectivity index (χ0n) is 13.6. The topological polar surface area (TPSA) is 41.4 Å². The third-order valence-electron chi connectivity index (χ3n) is 4.35. The number of carbonyl (C=O) groups is 1. The fourth-order valence-corrected chi connectivity index (χ4v) is 3.16. The van der Waals surface area contributed by atoms with Crippen LogP contribution >= 0.6 is 15.9 Å². The van der Waals surface area contributed by atoms with Crippen molar-refractivity contribution in [2.45, 2.75) is 20.0 Å². The van der Waals surface area contributed by atoms with E-state index in [1.165, 1.54) is 6.07 Å². The Morgan fingerprint density at radius 2 is 2.04 bits per heavy atom. The van der Waals surface area contributed by atoms with Crippen LogP contribution < -0.4 is 0 Å². The minimum absolute atomic E-state index is 0.0825. The molecular formula is C17H20BrFN4O. The number of halogens is 2. The standard InChI is InChI=1S/C17H20BrFN4O/c1-13-16(18)10-20-23(13)12-17(24)22-7-5-21(6-8-22)11-14-3-2-4-15(19)9-14/h2-4,9-10H,5-8,11-12H2,1H3. The Balaban J connectivity index is 1.51. The Morgan fingerprint density at radius 1 is 1.29 bits per heavy atom. The molecule has 1 aliphatic rings. The minimum Gasteiger partial charge on any atom is -0.339 e. The average molecular weight is 395 g/mol. The lowest BCUT2D eigenvalue weighted by atomic mass is 10.2. The van der Waals surface area contributed by atoms with E-state index in [4.69, 9.17) is 0 Å². The molecule has 0 unspecified atom stereocenters. The zero-order chi connectivity index (χ0) is 17.1. The first kappa shape index (κ1) is 17.1. The van der Waals surface area contributed by atoms with Gasteiger partial charge in [0.25, 0.3) is 0 Å². The van der Waals surface area contributed by atoms with E-state index in [0.717, 1.165) is 28.8 Å². The Kier molecular flexibility index (Phi) is 5.30. The smallest absolute Gasteiger partial charge is 0.244 e. The van der Waals surface area contributed by atoms with E-state index in [-0.39, 0.29) is 18.3 Å². The summed E-state index contributed by atoms with van der Waals surface area (Å²) in [7, 11) is 0. The average Bonchev–Trinajstić information content (AvgIpc) is 2.87.